The minimum Gasteiger partial charge on any atom is -0.494 e. The van der Waals surface area contributed by atoms with Crippen molar-refractivity contribution in [2.75, 3.05) is 19.0 Å². The summed E-state index contributed by atoms with van der Waals surface area (Å²) in [6.45, 7) is 2.45. The van der Waals surface area contributed by atoms with Gasteiger partial charge >= 0.3 is 0 Å². The second-order valence-corrected chi connectivity index (χ2v) is 12.0. The third kappa shape index (κ3) is 8.23. The lowest BCUT2D eigenvalue weighted by atomic mass is 9.90. The lowest BCUT2D eigenvalue weighted by Crippen LogP contribution is -2.48. The standard InChI is InChI=1S/C34H42F2N10O3/c1-3-19-17-22(43-30-31-42-18-26(46(31)16-15-40-30)24-12-13-27(49-2)29(36)28(24)35)10-11-23(19)32(47)44-20-6-8-21(9-7-20)45-33(48)25(37)5-4-14-41-34(38)39/h10-13,15-18,20-21,25H,3-9,14,37H2,1-2H3,(H,40,43)(H,44,47)(H,45,48)(H4,38,39,41)/t20-,21-,25-/m0/s1. The molecule has 0 spiro atoms. The molecule has 4 aromatic rings. The Kier molecular flexibility index (Phi) is 11.2. The molecule has 0 saturated heterocycles. The predicted octanol–water partition coefficient (Wildman–Crippen LogP) is 3.74. The van der Waals surface area contributed by atoms with Gasteiger partial charge in [-0.15, -0.1) is 0 Å². The molecule has 13 nitrogen and oxygen atoms in total. The Morgan fingerprint density at radius 2 is 1.82 bits per heavy atom. The molecule has 9 N–H and O–H groups in total. The Morgan fingerprint density at radius 3 is 2.51 bits per heavy atom. The number of fused-ring (bicyclic) bond motifs is 1. The van der Waals surface area contributed by atoms with Crippen LogP contribution >= 0.6 is 0 Å². The summed E-state index contributed by atoms with van der Waals surface area (Å²) in [6.07, 6.45) is 9.22. The van der Waals surface area contributed by atoms with E-state index in [1.54, 1.807) is 22.7 Å². The third-order valence-electron chi connectivity index (χ3n) is 8.72. The molecule has 5 rings (SSSR count). The number of guanidine groups is 1. The number of ether oxygens (including phenoxy) is 1. The number of hydrogen-bond donors (Lipinski definition) is 7. The van der Waals surface area contributed by atoms with E-state index in [-0.39, 0.29) is 41.2 Å². The van der Waals surface area contributed by atoms with Crippen LogP contribution in [-0.2, 0) is 11.2 Å². The normalized spacial score (nSPS) is 16.5. The molecule has 1 atom stereocenters. The lowest BCUT2D eigenvalue weighted by Gasteiger charge is -2.30. The molecule has 0 aliphatic heterocycles. The summed E-state index contributed by atoms with van der Waals surface area (Å²) in [5.74, 6) is -2.38. The zero-order valence-electron chi connectivity index (χ0n) is 27.5. The topological polar surface area (TPSA) is 198 Å². The number of carbonyl (C=O) groups excluding carboxylic acids is 2. The summed E-state index contributed by atoms with van der Waals surface area (Å²) in [5, 5.41) is 19.3. The first-order chi connectivity index (χ1) is 23.6. The average molecular weight is 677 g/mol. The average Bonchev–Trinajstić information content (AvgIpc) is 3.53. The summed E-state index contributed by atoms with van der Waals surface area (Å²) in [4.78, 5) is 34.7. The van der Waals surface area contributed by atoms with Gasteiger partial charge in [0.05, 0.1) is 25.0 Å². The number of imidazole rings is 1. The highest BCUT2D eigenvalue weighted by Crippen LogP contribution is 2.32. The van der Waals surface area contributed by atoms with Crippen LogP contribution in [-0.4, -0.2) is 63.9 Å². The molecule has 15 heteroatoms. The van der Waals surface area contributed by atoms with Crippen molar-refractivity contribution in [2.45, 2.75) is 70.0 Å². The van der Waals surface area contributed by atoms with E-state index in [0.717, 1.165) is 31.2 Å². The summed E-state index contributed by atoms with van der Waals surface area (Å²) in [6, 6.07) is 7.58. The lowest BCUT2D eigenvalue weighted by molar-refractivity contribution is -0.123. The van der Waals surface area contributed by atoms with Crippen LogP contribution in [0, 0.1) is 17.0 Å². The number of rotatable bonds is 13. The number of nitrogens with zero attached hydrogens (tertiary/aromatic N) is 3. The number of aromatic nitrogens is 3. The van der Waals surface area contributed by atoms with E-state index in [4.69, 9.17) is 21.6 Å². The predicted molar refractivity (Wildman–Crippen MR) is 183 cm³/mol. The number of amides is 2. The Labute approximate surface area is 282 Å². The zero-order valence-corrected chi connectivity index (χ0v) is 27.5. The Balaban J connectivity index is 1.18. The number of nitrogens with two attached hydrogens (primary N) is 2. The maximum absolute atomic E-state index is 14.9. The number of halogens is 2. The quantitative estimate of drug-likeness (QED) is 0.0627. The Hall–Kier alpha value is -5.31. The molecule has 260 valence electrons. The van der Waals surface area contributed by atoms with Gasteiger partial charge in [0, 0.05) is 47.8 Å². The second kappa shape index (κ2) is 15.7. The fraction of sp³-hybridized carbons (Fsp3) is 0.382. The second-order valence-electron chi connectivity index (χ2n) is 12.0. The van der Waals surface area contributed by atoms with Crippen molar-refractivity contribution in [3.8, 4) is 17.0 Å². The number of anilines is 2. The first kappa shape index (κ1) is 35.0. The van der Waals surface area contributed by atoms with E-state index < -0.39 is 17.7 Å². The zero-order chi connectivity index (χ0) is 35.1. The van der Waals surface area contributed by atoms with Crippen LogP contribution in [0.3, 0.4) is 0 Å². The molecule has 1 aliphatic rings. The van der Waals surface area contributed by atoms with Crippen molar-refractivity contribution in [3.05, 3.63) is 71.7 Å². The van der Waals surface area contributed by atoms with Crippen LogP contribution in [0.1, 0.15) is 61.4 Å². The highest BCUT2D eigenvalue weighted by Gasteiger charge is 2.26. The van der Waals surface area contributed by atoms with Crippen LogP contribution in [0.25, 0.3) is 16.9 Å². The van der Waals surface area contributed by atoms with Crippen LogP contribution in [0.4, 0.5) is 20.3 Å². The minimum absolute atomic E-state index is 0.000716. The fourth-order valence-electron chi connectivity index (χ4n) is 6.05. The van der Waals surface area contributed by atoms with Crippen molar-refractivity contribution >= 4 is 34.9 Å². The van der Waals surface area contributed by atoms with Crippen LogP contribution in [0.5, 0.6) is 5.75 Å². The largest absolute Gasteiger partial charge is 0.494 e. The van der Waals surface area contributed by atoms with E-state index >= 15 is 0 Å². The van der Waals surface area contributed by atoms with Gasteiger partial charge in [0.2, 0.25) is 11.7 Å². The molecule has 1 saturated carbocycles. The van der Waals surface area contributed by atoms with Crippen LogP contribution in [0.15, 0.2) is 48.9 Å². The number of hydrogen-bond acceptors (Lipinski definition) is 8. The van der Waals surface area contributed by atoms with E-state index in [2.05, 4.69) is 31.2 Å². The van der Waals surface area contributed by atoms with Gasteiger partial charge in [-0.05, 0) is 80.8 Å². The van der Waals surface area contributed by atoms with Gasteiger partial charge in [0.1, 0.15) is 0 Å². The summed E-state index contributed by atoms with van der Waals surface area (Å²) in [7, 11) is 1.27. The number of nitrogens with one attached hydrogen (secondary N) is 5. The van der Waals surface area contributed by atoms with Gasteiger partial charge in [0.25, 0.3) is 5.91 Å². The van der Waals surface area contributed by atoms with Crippen molar-refractivity contribution in [2.24, 2.45) is 11.5 Å². The number of carbonyl (C=O) groups is 2. The Bertz CT molecular complexity index is 1820. The van der Waals surface area contributed by atoms with Gasteiger partial charge in [-0.2, -0.15) is 4.39 Å². The first-order valence-corrected chi connectivity index (χ1v) is 16.3. The number of methoxy groups -OCH3 is 1. The van der Waals surface area contributed by atoms with Crippen molar-refractivity contribution in [3.63, 3.8) is 0 Å². The molecular formula is C34H42F2N10O3. The molecule has 49 heavy (non-hydrogen) atoms. The number of benzene rings is 2. The molecule has 2 amide bonds. The molecule has 2 heterocycles. The maximum Gasteiger partial charge on any atom is 0.251 e. The minimum atomic E-state index is -1.08. The monoisotopic (exact) mass is 676 g/mol. The fourth-order valence-corrected chi connectivity index (χ4v) is 6.05. The summed E-state index contributed by atoms with van der Waals surface area (Å²) >= 11 is 0. The van der Waals surface area contributed by atoms with Crippen LogP contribution < -0.4 is 37.5 Å². The molecule has 0 bridgehead atoms. The van der Waals surface area contributed by atoms with E-state index in [0.29, 0.717) is 54.2 Å². The van der Waals surface area contributed by atoms with Gasteiger partial charge < -0.3 is 37.5 Å². The molecule has 2 aromatic heterocycles. The van der Waals surface area contributed by atoms with E-state index in [1.165, 1.54) is 31.6 Å². The van der Waals surface area contributed by atoms with Crippen molar-refractivity contribution in [1.82, 2.24) is 30.3 Å². The number of aryl methyl sites for hydroxylation is 1. The van der Waals surface area contributed by atoms with Crippen molar-refractivity contribution in [1.29, 1.82) is 5.41 Å². The van der Waals surface area contributed by atoms with Gasteiger partial charge in [-0.3, -0.25) is 19.4 Å². The molecule has 0 unspecified atom stereocenters. The van der Waals surface area contributed by atoms with Gasteiger partial charge in [0.15, 0.2) is 29.0 Å². The maximum atomic E-state index is 14.9. The first-order valence-electron chi connectivity index (χ1n) is 16.3. The SMILES string of the molecule is CCc1cc(Nc2nccn3c(-c4ccc(OC)c(F)c4F)cnc23)ccc1C(=O)N[C@H]1CC[C@H](NC(=O)[C@@H](N)CCCNC(=N)N)CC1. The van der Waals surface area contributed by atoms with E-state index in [9.17, 15) is 18.4 Å². The van der Waals surface area contributed by atoms with Crippen molar-refractivity contribution < 1.29 is 23.1 Å². The van der Waals surface area contributed by atoms with Gasteiger partial charge in [-0.1, -0.05) is 6.92 Å². The molecule has 1 aliphatic carbocycles. The smallest absolute Gasteiger partial charge is 0.251 e. The Morgan fingerprint density at radius 1 is 1.08 bits per heavy atom. The highest BCUT2D eigenvalue weighted by atomic mass is 19.2. The molecular weight excluding hydrogens is 634 g/mol. The van der Waals surface area contributed by atoms with Crippen LogP contribution in [0.2, 0.25) is 0 Å². The van der Waals surface area contributed by atoms with E-state index in [1.807, 2.05) is 13.0 Å². The summed E-state index contributed by atoms with van der Waals surface area (Å²) in [5.41, 5.74) is 14.2. The summed E-state index contributed by atoms with van der Waals surface area (Å²) < 4.78 is 35.8. The molecule has 0 radical (unpaired) electrons. The molecule has 1 fully saturated rings. The third-order valence-corrected chi connectivity index (χ3v) is 8.72. The highest BCUT2D eigenvalue weighted by molar-refractivity contribution is 5.96. The van der Waals surface area contributed by atoms with Gasteiger partial charge in [-0.25, -0.2) is 14.4 Å². The molecule has 2 aromatic carbocycles.